The molecule has 0 fully saturated rings. The van der Waals surface area contributed by atoms with Crippen LogP contribution >= 0.6 is 11.8 Å². The van der Waals surface area contributed by atoms with Gasteiger partial charge in [0.25, 0.3) is 0 Å². The average Bonchev–Trinajstić information content (AvgIpc) is 2.46. The molecule has 10 heteroatoms. The maximum absolute atomic E-state index is 12.0. The average molecular weight is 345 g/mol. The number of nitrogens with zero attached hydrogens (tertiary/aromatic N) is 1. The van der Waals surface area contributed by atoms with Crippen molar-refractivity contribution in [2.24, 2.45) is 0 Å². The number of aromatic nitrogens is 2. The number of halogens is 3. The summed E-state index contributed by atoms with van der Waals surface area (Å²) in [4.78, 5) is 28.6. The molecule has 0 aliphatic carbocycles. The maximum Gasteiger partial charge on any atom is 0.573 e. The van der Waals surface area contributed by atoms with Gasteiger partial charge in [0, 0.05) is 11.9 Å². The van der Waals surface area contributed by atoms with Gasteiger partial charge in [-0.2, -0.15) is 0 Å². The van der Waals surface area contributed by atoms with E-state index in [0.29, 0.717) is 10.7 Å². The highest BCUT2D eigenvalue weighted by Crippen LogP contribution is 2.24. The lowest BCUT2D eigenvalue weighted by Gasteiger charge is -2.09. The molecule has 2 aromatic rings. The molecule has 0 atom stereocenters. The van der Waals surface area contributed by atoms with Gasteiger partial charge >= 0.3 is 12.1 Å². The van der Waals surface area contributed by atoms with Gasteiger partial charge in [-0.1, -0.05) is 11.8 Å². The zero-order valence-corrected chi connectivity index (χ0v) is 12.2. The monoisotopic (exact) mass is 345 g/mol. The summed E-state index contributed by atoms with van der Waals surface area (Å²) in [7, 11) is 0. The SMILES string of the molecule is O=C(CSc1ccnc(=O)[nH]1)Nc1ccc(OC(F)(F)F)cc1. The molecule has 0 spiro atoms. The lowest BCUT2D eigenvalue weighted by molar-refractivity contribution is -0.274. The number of aromatic amines is 1. The van der Waals surface area contributed by atoms with Crippen molar-refractivity contribution < 1.29 is 22.7 Å². The fourth-order valence-corrected chi connectivity index (χ4v) is 2.19. The number of ether oxygens (including phenoxy) is 1. The van der Waals surface area contributed by atoms with E-state index < -0.39 is 12.1 Å². The third kappa shape index (κ3) is 6.02. The van der Waals surface area contributed by atoms with Crippen LogP contribution in [-0.2, 0) is 4.79 Å². The van der Waals surface area contributed by atoms with Crippen LogP contribution in [0.25, 0.3) is 0 Å². The first kappa shape index (κ1) is 16.9. The first-order valence-corrected chi connectivity index (χ1v) is 7.14. The number of nitrogens with one attached hydrogen (secondary N) is 2. The number of rotatable bonds is 5. The molecule has 0 bridgehead atoms. The van der Waals surface area contributed by atoms with Gasteiger partial charge in [-0.3, -0.25) is 4.79 Å². The number of carbonyl (C=O) groups excluding carboxylic acids is 1. The number of carbonyl (C=O) groups is 1. The van der Waals surface area contributed by atoms with Crippen LogP contribution in [0.3, 0.4) is 0 Å². The lowest BCUT2D eigenvalue weighted by atomic mass is 10.3. The molecule has 0 aliphatic heterocycles. The summed E-state index contributed by atoms with van der Waals surface area (Å²) in [5.74, 6) is -0.739. The van der Waals surface area contributed by atoms with E-state index in [2.05, 4.69) is 20.0 Å². The second-order valence-electron chi connectivity index (χ2n) is 4.15. The molecule has 2 rings (SSSR count). The minimum absolute atomic E-state index is 0.0146. The number of benzene rings is 1. The van der Waals surface area contributed by atoms with E-state index in [9.17, 15) is 22.8 Å². The maximum atomic E-state index is 12.0. The summed E-state index contributed by atoms with van der Waals surface area (Å²) in [5, 5.41) is 2.99. The Kier molecular flexibility index (Phi) is 5.27. The van der Waals surface area contributed by atoms with E-state index in [1.54, 1.807) is 6.07 Å². The Hall–Kier alpha value is -2.49. The lowest BCUT2D eigenvalue weighted by Crippen LogP contribution is -2.17. The molecule has 2 N–H and O–H groups in total. The fraction of sp³-hybridized carbons (Fsp3) is 0.154. The van der Waals surface area contributed by atoms with Crippen molar-refractivity contribution in [1.82, 2.24) is 9.97 Å². The molecular weight excluding hydrogens is 335 g/mol. The molecule has 1 heterocycles. The van der Waals surface area contributed by atoms with Crippen LogP contribution < -0.4 is 15.7 Å². The van der Waals surface area contributed by atoms with E-state index >= 15 is 0 Å². The van der Waals surface area contributed by atoms with E-state index in [1.165, 1.54) is 18.3 Å². The van der Waals surface area contributed by atoms with Crippen molar-refractivity contribution in [3.05, 3.63) is 47.0 Å². The predicted octanol–water partition coefficient (Wildman–Crippen LogP) is 2.40. The second-order valence-corrected chi connectivity index (χ2v) is 5.17. The minimum Gasteiger partial charge on any atom is -0.406 e. The molecule has 0 radical (unpaired) electrons. The second kappa shape index (κ2) is 7.18. The topological polar surface area (TPSA) is 84.1 Å². The van der Waals surface area contributed by atoms with Gasteiger partial charge in [-0.25, -0.2) is 9.78 Å². The molecule has 1 amide bonds. The van der Waals surface area contributed by atoms with Crippen molar-refractivity contribution >= 4 is 23.4 Å². The third-order valence-corrected chi connectivity index (χ3v) is 3.33. The molecule has 122 valence electrons. The number of H-pyrrole nitrogens is 1. The molecule has 23 heavy (non-hydrogen) atoms. The smallest absolute Gasteiger partial charge is 0.406 e. The summed E-state index contributed by atoms with van der Waals surface area (Å²) in [5.41, 5.74) is -0.191. The van der Waals surface area contributed by atoms with Gasteiger partial charge in [-0.15, -0.1) is 13.2 Å². The minimum atomic E-state index is -4.76. The van der Waals surface area contributed by atoms with Crippen LogP contribution in [0.5, 0.6) is 5.75 Å². The molecule has 0 saturated heterocycles. The van der Waals surface area contributed by atoms with Gasteiger partial charge in [0.05, 0.1) is 10.8 Å². The molecule has 0 saturated carbocycles. The summed E-state index contributed by atoms with van der Waals surface area (Å²) < 4.78 is 39.8. The highest BCUT2D eigenvalue weighted by Gasteiger charge is 2.30. The summed E-state index contributed by atoms with van der Waals surface area (Å²) in [6, 6.07) is 6.31. The van der Waals surface area contributed by atoms with E-state index in [4.69, 9.17) is 0 Å². The summed E-state index contributed by atoms with van der Waals surface area (Å²) in [6.45, 7) is 0. The molecule has 1 aromatic heterocycles. The first-order chi connectivity index (χ1) is 10.8. The quantitative estimate of drug-likeness (QED) is 0.642. The Bertz CT molecular complexity index is 731. The van der Waals surface area contributed by atoms with Crippen LogP contribution in [-0.4, -0.2) is 28.0 Å². The number of hydrogen-bond donors (Lipinski definition) is 2. The number of anilines is 1. The predicted molar refractivity (Wildman–Crippen MR) is 77.3 cm³/mol. The Morgan fingerprint density at radius 3 is 2.57 bits per heavy atom. The van der Waals surface area contributed by atoms with Crippen molar-refractivity contribution in [2.75, 3.05) is 11.1 Å². The normalized spacial score (nSPS) is 11.1. The van der Waals surface area contributed by atoms with Gasteiger partial charge in [0.15, 0.2) is 0 Å². The number of thioether (sulfide) groups is 1. The van der Waals surface area contributed by atoms with E-state index in [1.807, 2.05) is 0 Å². The summed E-state index contributed by atoms with van der Waals surface area (Å²) in [6.07, 6.45) is -3.44. The number of amides is 1. The Balaban J connectivity index is 1.86. The van der Waals surface area contributed by atoms with Gasteiger partial charge in [0.1, 0.15) is 5.75 Å². The number of alkyl halides is 3. The van der Waals surface area contributed by atoms with Crippen LogP contribution in [0.2, 0.25) is 0 Å². The van der Waals surface area contributed by atoms with Crippen molar-refractivity contribution in [1.29, 1.82) is 0 Å². The zero-order valence-electron chi connectivity index (χ0n) is 11.4. The highest BCUT2D eigenvalue weighted by atomic mass is 32.2. The van der Waals surface area contributed by atoms with Gasteiger partial charge in [0.2, 0.25) is 5.91 Å². The van der Waals surface area contributed by atoms with E-state index in [-0.39, 0.29) is 17.4 Å². The Morgan fingerprint density at radius 2 is 1.96 bits per heavy atom. The fourth-order valence-electron chi connectivity index (χ4n) is 1.52. The van der Waals surface area contributed by atoms with Crippen molar-refractivity contribution in [3.63, 3.8) is 0 Å². The van der Waals surface area contributed by atoms with Crippen LogP contribution in [0.1, 0.15) is 0 Å². The van der Waals surface area contributed by atoms with Gasteiger partial charge in [-0.05, 0) is 30.3 Å². The van der Waals surface area contributed by atoms with Gasteiger partial charge < -0.3 is 15.0 Å². The Morgan fingerprint density at radius 1 is 1.26 bits per heavy atom. The first-order valence-electron chi connectivity index (χ1n) is 6.15. The largest absolute Gasteiger partial charge is 0.573 e. The third-order valence-electron chi connectivity index (χ3n) is 2.38. The van der Waals surface area contributed by atoms with Crippen molar-refractivity contribution in [2.45, 2.75) is 11.4 Å². The highest BCUT2D eigenvalue weighted by molar-refractivity contribution is 7.99. The standard InChI is InChI=1S/C13H10F3N3O3S/c14-13(15,16)22-9-3-1-8(2-4-9)18-10(20)7-23-11-5-6-17-12(21)19-11/h1-6H,7H2,(H,18,20)(H,17,19,21). The molecule has 0 unspecified atom stereocenters. The van der Waals surface area contributed by atoms with Crippen molar-refractivity contribution in [3.8, 4) is 5.75 Å². The molecule has 0 aliphatic rings. The molecular formula is C13H10F3N3O3S. The number of hydrogen-bond acceptors (Lipinski definition) is 5. The van der Waals surface area contributed by atoms with Crippen LogP contribution in [0.15, 0.2) is 46.3 Å². The van der Waals surface area contributed by atoms with Crippen LogP contribution in [0, 0.1) is 0 Å². The Labute approximate surface area is 132 Å². The molecule has 1 aromatic carbocycles. The zero-order chi connectivity index (χ0) is 16.9. The summed E-state index contributed by atoms with van der Waals surface area (Å²) >= 11 is 1.09. The van der Waals surface area contributed by atoms with E-state index in [0.717, 1.165) is 23.9 Å². The van der Waals surface area contributed by atoms with Crippen LogP contribution in [0.4, 0.5) is 18.9 Å². The molecule has 6 nitrogen and oxygen atoms in total.